The molecule has 0 saturated heterocycles. The molecule has 2 N–H and O–H groups in total. The summed E-state index contributed by atoms with van der Waals surface area (Å²) in [5.74, 6) is 0.465. The van der Waals surface area contributed by atoms with Crippen LogP contribution < -0.4 is 10.1 Å². The van der Waals surface area contributed by atoms with Gasteiger partial charge in [-0.1, -0.05) is 19.1 Å². The number of aliphatic hydroxyl groups is 1. The van der Waals surface area contributed by atoms with Gasteiger partial charge in [-0.2, -0.15) is 0 Å². The minimum atomic E-state index is -0.576. The van der Waals surface area contributed by atoms with Crippen molar-refractivity contribution in [2.24, 2.45) is 0 Å². The minimum Gasteiger partial charge on any atom is -0.481 e. The molecule has 1 aromatic carbocycles. The molecule has 18 heavy (non-hydrogen) atoms. The molecule has 0 spiro atoms. The first-order chi connectivity index (χ1) is 8.56. The highest BCUT2D eigenvalue weighted by Crippen LogP contribution is 2.14. The second-order valence-corrected chi connectivity index (χ2v) is 4.37. The molecule has 4 heteroatoms. The highest BCUT2D eigenvalue weighted by molar-refractivity contribution is 5.81. The molecule has 1 aromatic rings. The highest BCUT2D eigenvalue weighted by atomic mass is 16.5. The van der Waals surface area contributed by atoms with Crippen LogP contribution in [-0.2, 0) is 4.79 Å². The molecule has 0 aliphatic heterocycles. The summed E-state index contributed by atoms with van der Waals surface area (Å²) in [4.78, 5) is 11.8. The topological polar surface area (TPSA) is 58.6 Å². The van der Waals surface area contributed by atoms with Crippen molar-refractivity contribution in [1.29, 1.82) is 0 Å². The third kappa shape index (κ3) is 4.37. The van der Waals surface area contributed by atoms with Crippen LogP contribution in [0.5, 0.6) is 5.75 Å². The number of carbonyl (C=O) groups excluding carboxylic acids is 1. The van der Waals surface area contributed by atoms with E-state index in [1.807, 2.05) is 38.1 Å². The van der Waals surface area contributed by atoms with E-state index in [4.69, 9.17) is 9.84 Å². The van der Waals surface area contributed by atoms with Crippen LogP contribution in [-0.4, -0.2) is 29.8 Å². The quantitative estimate of drug-likeness (QED) is 0.808. The molecule has 0 aromatic heterocycles. The van der Waals surface area contributed by atoms with Gasteiger partial charge in [0.05, 0.1) is 12.6 Å². The van der Waals surface area contributed by atoms with E-state index in [1.54, 1.807) is 6.92 Å². The molecule has 0 saturated carbocycles. The Kier molecular flexibility index (Phi) is 5.65. The molecular weight excluding hydrogens is 230 g/mol. The number of nitrogens with one attached hydrogen (secondary N) is 1. The largest absolute Gasteiger partial charge is 0.481 e. The fourth-order valence-electron chi connectivity index (χ4n) is 1.54. The Hall–Kier alpha value is -1.55. The summed E-state index contributed by atoms with van der Waals surface area (Å²) in [6.45, 7) is 5.52. The first kappa shape index (κ1) is 14.5. The second-order valence-electron chi connectivity index (χ2n) is 4.37. The van der Waals surface area contributed by atoms with Crippen LogP contribution in [0.2, 0.25) is 0 Å². The summed E-state index contributed by atoms with van der Waals surface area (Å²) in [6, 6.07) is 7.35. The lowest BCUT2D eigenvalue weighted by atomic mass is 10.2. The molecule has 4 nitrogen and oxygen atoms in total. The van der Waals surface area contributed by atoms with Crippen molar-refractivity contribution in [2.75, 3.05) is 6.61 Å². The van der Waals surface area contributed by atoms with Crippen molar-refractivity contribution in [3.8, 4) is 5.75 Å². The van der Waals surface area contributed by atoms with Gasteiger partial charge in [-0.25, -0.2) is 0 Å². The van der Waals surface area contributed by atoms with Gasteiger partial charge in [0.15, 0.2) is 6.10 Å². The summed E-state index contributed by atoms with van der Waals surface area (Å²) in [5.41, 5.74) is 1.09. The Bertz CT molecular complexity index is 388. The van der Waals surface area contributed by atoms with Crippen molar-refractivity contribution in [3.05, 3.63) is 29.8 Å². The van der Waals surface area contributed by atoms with Crippen LogP contribution in [0.25, 0.3) is 0 Å². The normalized spacial score (nSPS) is 13.8. The number of amides is 1. The molecule has 0 bridgehead atoms. The van der Waals surface area contributed by atoms with Crippen molar-refractivity contribution in [3.63, 3.8) is 0 Å². The number of benzene rings is 1. The first-order valence-corrected chi connectivity index (χ1v) is 6.21. The van der Waals surface area contributed by atoms with Crippen molar-refractivity contribution < 1.29 is 14.6 Å². The maximum atomic E-state index is 11.8. The number of aliphatic hydroxyl groups excluding tert-OH is 1. The van der Waals surface area contributed by atoms with Gasteiger partial charge in [0, 0.05) is 0 Å². The van der Waals surface area contributed by atoms with E-state index in [2.05, 4.69) is 5.32 Å². The van der Waals surface area contributed by atoms with E-state index in [0.717, 1.165) is 5.56 Å². The van der Waals surface area contributed by atoms with E-state index in [1.165, 1.54) is 0 Å². The van der Waals surface area contributed by atoms with Crippen LogP contribution in [0.3, 0.4) is 0 Å². The van der Waals surface area contributed by atoms with Gasteiger partial charge in [-0.3, -0.25) is 4.79 Å². The van der Waals surface area contributed by atoms with Gasteiger partial charge in [0.25, 0.3) is 5.91 Å². The monoisotopic (exact) mass is 251 g/mol. The number of carbonyl (C=O) groups is 1. The fraction of sp³-hybridized carbons (Fsp3) is 0.500. The SMILES string of the molecule is CCC(CO)NC(=O)C(C)Oc1cccc(C)c1. The summed E-state index contributed by atoms with van der Waals surface area (Å²) in [5, 5.41) is 11.8. The molecule has 2 atom stereocenters. The van der Waals surface area contributed by atoms with Crippen LogP contribution in [0.15, 0.2) is 24.3 Å². The van der Waals surface area contributed by atoms with Gasteiger partial charge in [0.2, 0.25) is 0 Å². The predicted octanol–water partition coefficient (Wildman–Crippen LogP) is 1.65. The second kappa shape index (κ2) is 7.01. The Morgan fingerprint density at radius 3 is 2.78 bits per heavy atom. The molecule has 0 fully saturated rings. The first-order valence-electron chi connectivity index (χ1n) is 6.21. The third-order valence-corrected chi connectivity index (χ3v) is 2.73. The van der Waals surface area contributed by atoms with E-state index in [0.29, 0.717) is 12.2 Å². The summed E-state index contributed by atoms with van der Waals surface area (Å²) >= 11 is 0. The average Bonchev–Trinajstić information content (AvgIpc) is 2.35. The summed E-state index contributed by atoms with van der Waals surface area (Å²) < 4.78 is 5.55. The minimum absolute atomic E-state index is 0.0561. The van der Waals surface area contributed by atoms with E-state index >= 15 is 0 Å². The maximum absolute atomic E-state index is 11.8. The smallest absolute Gasteiger partial charge is 0.261 e. The maximum Gasteiger partial charge on any atom is 0.261 e. The van der Waals surface area contributed by atoms with Gasteiger partial charge < -0.3 is 15.2 Å². The Morgan fingerprint density at radius 2 is 2.22 bits per heavy atom. The Balaban J connectivity index is 2.54. The molecule has 0 aliphatic carbocycles. The predicted molar refractivity (Wildman–Crippen MR) is 70.6 cm³/mol. The molecule has 100 valence electrons. The number of hydrogen-bond acceptors (Lipinski definition) is 3. The van der Waals surface area contributed by atoms with Gasteiger partial charge in [-0.15, -0.1) is 0 Å². The van der Waals surface area contributed by atoms with Gasteiger partial charge in [0.1, 0.15) is 5.75 Å². The molecule has 0 aliphatic rings. The van der Waals surface area contributed by atoms with Crippen LogP contribution >= 0.6 is 0 Å². The lowest BCUT2D eigenvalue weighted by Crippen LogP contribution is -2.43. The van der Waals surface area contributed by atoms with E-state index in [-0.39, 0.29) is 18.6 Å². The Labute approximate surface area is 108 Å². The number of aryl methyl sites for hydroxylation is 1. The molecule has 0 radical (unpaired) electrons. The molecular formula is C14H21NO3. The standard InChI is InChI=1S/C14H21NO3/c1-4-12(9-16)15-14(17)11(3)18-13-7-5-6-10(2)8-13/h5-8,11-12,16H,4,9H2,1-3H3,(H,15,17). The summed E-state index contributed by atoms with van der Waals surface area (Å²) in [7, 11) is 0. The average molecular weight is 251 g/mol. The number of hydrogen-bond donors (Lipinski definition) is 2. The van der Waals surface area contributed by atoms with Crippen molar-refractivity contribution in [2.45, 2.75) is 39.3 Å². The summed E-state index contributed by atoms with van der Waals surface area (Å²) in [6.07, 6.45) is 0.117. The lowest BCUT2D eigenvalue weighted by Gasteiger charge is -2.19. The van der Waals surface area contributed by atoms with Crippen molar-refractivity contribution in [1.82, 2.24) is 5.32 Å². The van der Waals surface area contributed by atoms with Gasteiger partial charge in [-0.05, 0) is 38.0 Å². The van der Waals surface area contributed by atoms with E-state index in [9.17, 15) is 4.79 Å². The Morgan fingerprint density at radius 1 is 1.50 bits per heavy atom. The highest BCUT2D eigenvalue weighted by Gasteiger charge is 2.17. The zero-order valence-corrected chi connectivity index (χ0v) is 11.1. The van der Waals surface area contributed by atoms with Gasteiger partial charge >= 0.3 is 0 Å². The van der Waals surface area contributed by atoms with E-state index < -0.39 is 6.10 Å². The number of rotatable bonds is 6. The molecule has 1 rings (SSSR count). The van der Waals surface area contributed by atoms with Crippen molar-refractivity contribution >= 4 is 5.91 Å². The fourth-order valence-corrected chi connectivity index (χ4v) is 1.54. The lowest BCUT2D eigenvalue weighted by molar-refractivity contribution is -0.128. The zero-order valence-electron chi connectivity index (χ0n) is 11.1. The zero-order chi connectivity index (χ0) is 13.5. The van der Waals surface area contributed by atoms with Crippen LogP contribution in [0.1, 0.15) is 25.8 Å². The number of ether oxygens (including phenoxy) is 1. The molecule has 1 amide bonds. The third-order valence-electron chi connectivity index (χ3n) is 2.73. The molecule has 2 unspecified atom stereocenters. The van der Waals surface area contributed by atoms with Crippen LogP contribution in [0.4, 0.5) is 0 Å². The van der Waals surface area contributed by atoms with Crippen LogP contribution in [0, 0.1) is 6.92 Å². The molecule has 0 heterocycles.